The molecule has 25 heavy (non-hydrogen) atoms. The predicted octanol–water partition coefficient (Wildman–Crippen LogP) is 3.24. The number of carboxylic acids is 1. The number of carboxylic acid groups (broad SMARTS) is 1. The minimum Gasteiger partial charge on any atom is -0.490 e. The molecular formula is C19H18N2O4. The summed E-state index contributed by atoms with van der Waals surface area (Å²) in [5.74, 6) is 2.61. The molecule has 0 fully saturated rings. The second kappa shape index (κ2) is 8.99. The first-order valence-electron chi connectivity index (χ1n) is 7.59. The Balaban J connectivity index is 2.05. The standard InChI is InChI=1S/C19H18N2O4/c1-3-11-25-17-10-5-14(12-18(17)24-4-2)13-20-21-16-8-6-15(7-9-16)19(22)23/h1,5-10,12-13,21H,4,11H2,2H3,(H,22,23)/b20-13-. The molecule has 0 aliphatic heterocycles. The first kappa shape index (κ1) is 17.9. The molecule has 0 aromatic heterocycles. The fourth-order valence-electron chi connectivity index (χ4n) is 1.98. The van der Waals surface area contributed by atoms with Crippen LogP contribution < -0.4 is 14.9 Å². The zero-order valence-electron chi connectivity index (χ0n) is 13.7. The van der Waals surface area contributed by atoms with Crippen LogP contribution in [0.2, 0.25) is 0 Å². The molecule has 0 heterocycles. The second-order valence-electron chi connectivity index (χ2n) is 4.88. The van der Waals surface area contributed by atoms with E-state index in [1.807, 2.05) is 13.0 Å². The van der Waals surface area contributed by atoms with Crippen LogP contribution in [-0.4, -0.2) is 30.5 Å². The van der Waals surface area contributed by atoms with Gasteiger partial charge in [0.1, 0.15) is 6.61 Å². The van der Waals surface area contributed by atoms with Gasteiger partial charge in [0.05, 0.1) is 24.1 Å². The molecule has 2 aromatic carbocycles. The van der Waals surface area contributed by atoms with E-state index in [2.05, 4.69) is 16.4 Å². The van der Waals surface area contributed by atoms with Crippen molar-refractivity contribution in [2.24, 2.45) is 5.10 Å². The molecule has 0 aliphatic carbocycles. The smallest absolute Gasteiger partial charge is 0.335 e. The molecule has 128 valence electrons. The lowest BCUT2D eigenvalue weighted by atomic mass is 10.2. The highest BCUT2D eigenvalue weighted by Gasteiger charge is 2.05. The number of hydrazone groups is 1. The van der Waals surface area contributed by atoms with Crippen LogP contribution in [0.1, 0.15) is 22.8 Å². The number of hydrogen-bond donors (Lipinski definition) is 2. The molecule has 2 N–H and O–H groups in total. The Hall–Kier alpha value is -3.46. The summed E-state index contributed by atoms with van der Waals surface area (Å²) in [5, 5.41) is 13.0. The Labute approximate surface area is 146 Å². The van der Waals surface area contributed by atoms with Crippen molar-refractivity contribution in [1.82, 2.24) is 0 Å². The van der Waals surface area contributed by atoms with Crippen molar-refractivity contribution in [3.05, 3.63) is 53.6 Å². The Morgan fingerprint density at radius 1 is 1.24 bits per heavy atom. The lowest BCUT2D eigenvalue weighted by molar-refractivity contribution is 0.0697. The summed E-state index contributed by atoms with van der Waals surface area (Å²) in [4.78, 5) is 10.8. The zero-order valence-corrected chi connectivity index (χ0v) is 13.7. The molecule has 2 rings (SSSR count). The van der Waals surface area contributed by atoms with Crippen LogP contribution in [0.3, 0.4) is 0 Å². The van der Waals surface area contributed by atoms with E-state index in [1.54, 1.807) is 30.5 Å². The largest absolute Gasteiger partial charge is 0.490 e. The summed E-state index contributed by atoms with van der Waals surface area (Å²) in [7, 11) is 0. The third-order valence-electron chi connectivity index (χ3n) is 3.12. The fourth-order valence-corrected chi connectivity index (χ4v) is 1.98. The number of nitrogens with one attached hydrogen (secondary N) is 1. The van der Waals surface area contributed by atoms with Crippen molar-refractivity contribution in [3.8, 4) is 23.8 Å². The number of ether oxygens (including phenoxy) is 2. The lowest BCUT2D eigenvalue weighted by Gasteiger charge is -2.10. The maximum Gasteiger partial charge on any atom is 0.335 e. The topological polar surface area (TPSA) is 80.2 Å². The summed E-state index contributed by atoms with van der Waals surface area (Å²) in [6.07, 6.45) is 6.82. The van der Waals surface area contributed by atoms with Crippen LogP contribution in [0.4, 0.5) is 5.69 Å². The van der Waals surface area contributed by atoms with Gasteiger partial charge in [0.25, 0.3) is 0 Å². The molecule has 0 unspecified atom stereocenters. The number of terminal acetylenes is 1. The summed E-state index contributed by atoms with van der Waals surface area (Å²) in [6.45, 7) is 2.55. The van der Waals surface area contributed by atoms with Crippen LogP contribution >= 0.6 is 0 Å². The quantitative estimate of drug-likeness (QED) is 0.439. The predicted molar refractivity (Wildman–Crippen MR) is 96.6 cm³/mol. The van der Waals surface area contributed by atoms with Crippen molar-refractivity contribution in [2.75, 3.05) is 18.6 Å². The zero-order chi connectivity index (χ0) is 18.1. The second-order valence-corrected chi connectivity index (χ2v) is 4.88. The number of rotatable bonds is 8. The molecule has 0 saturated carbocycles. The van der Waals surface area contributed by atoms with Gasteiger partial charge in [0.15, 0.2) is 11.5 Å². The number of hydrogen-bond acceptors (Lipinski definition) is 5. The molecule has 0 radical (unpaired) electrons. The van der Waals surface area contributed by atoms with Crippen LogP contribution in [0.5, 0.6) is 11.5 Å². The van der Waals surface area contributed by atoms with Crippen molar-refractivity contribution < 1.29 is 19.4 Å². The van der Waals surface area contributed by atoms with Crippen molar-refractivity contribution >= 4 is 17.9 Å². The third-order valence-corrected chi connectivity index (χ3v) is 3.12. The molecule has 0 bridgehead atoms. The number of nitrogens with zero attached hydrogens (tertiary/aromatic N) is 1. The molecular weight excluding hydrogens is 320 g/mol. The molecule has 6 nitrogen and oxygen atoms in total. The molecule has 0 aliphatic rings. The van der Waals surface area contributed by atoms with Gasteiger partial charge in [0.2, 0.25) is 0 Å². The van der Waals surface area contributed by atoms with Gasteiger partial charge in [-0.15, -0.1) is 6.42 Å². The summed E-state index contributed by atoms with van der Waals surface area (Å²) < 4.78 is 11.0. The average Bonchev–Trinajstić information content (AvgIpc) is 2.62. The fraction of sp³-hybridized carbons (Fsp3) is 0.158. The molecule has 0 amide bonds. The number of anilines is 1. The first-order valence-corrected chi connectivity index (χ1v) is 7.59. The van der Waals surface area contributed by atoms with E-state index in [-0.39, 0.29) is 12.2 Å². The molecule has 0 atom stereocenters. The van der Waals surface area contributed by atoms with E-state index in [0.29, 0.717) is 23.8 Å². The normalized spacial score (nSPS) is 10.2. The highest BCUT2D eigenvalue weighted by Crippen LogP contribution is 2.28. The summed E-state index contributed by atoms with van der Waals surface area (Å²) >= 11 is 0. The number of carbonyl (C=O) groups is 1. The Morgan fingerprint density at radius 3 is 2.64 bits per heavy atom. The first-order chi connectivity index (χ1) is 12.1. The van der Waals surface area contributed by atoms with E-state index in [4.69, 9.17) is 21.0 Å². The van der Waals surface area contributed by atoms with Gasteiger partial charge in [-0.05, 0) is 55.0 Å². The molecule has 0 saturated heterocycles. The Morgan fingerprint density at radius 2 is 2.00 bits per heavy atom. The van der Waals surface area contributed by atoms with E-state index >= 15 is 0 Å². The van der Waals surface area contributed by atoms with Crippen LogP contribution in [0, 0.1) is 12.3 Å². The molecule has 6 heteroatoms. The highest BCUT2D eigenvalue weighted by atomic mass is 16.5. The highest BCUT2D eigenvalue weighted by molar-refractivity contribution is 5.88. The van der Waals surface area contributed by atoms with Gasteiger partial charge in [-0.25, -0.2) is 4.79 Å². The van der Waals surface area contributed by atoms with Crippen LogP contribution in [0.15, 0.2) is 47.6 Å². The number of benzene rings is 2. The maximum absolute atomic E-state index is 10.8. The van der Waals surface area contributed by atoms with Crippen LogP contribution in [-0.2, 0) is 0 Å². The van der Waals surface area contributed by atoms with E-state index in [1.165, 1.54) is 12.1 Å². The SMILES string of the molecule is C#CCOc1ccc(/C=N\Nc2ccc(C(=O)O)cc2)cc1OCC. The average molecular weight is 338 g/mol. The van der Waals surface area contributed by atoms with E-state index in [0.717, 1.165) is 5.56 Å². The molecule has 2 aromatic rings. The van der Waals surface area contributed by atoms with Gasteiger partial charge in [-0.2, -0.15) is 5.10 Å². The van der Waals surface area contributed by atoms with E-state index in [9.17, 15) is 4.79 Å². The van der Waals surface area contributed by atoms with Gasteiger partial charge in [-0.1, -0.05) is 5.92 Å². The van der Waals surface area contributed by atoms with Crippen LogP contribution in [0.25, 0.3) is 0 Å². The van der Waals surface area contributed by atoms with Gasteiger partial charge < -0.3 is 14.6 Å². The summed E-state index contributed by atoms with van der Waals surface area (Å²) in [5.41, 5.74) is 4.55. The molecule has 0 spiro atoms. The van der Waals surface area contributed by atoms with Gasteiger partial charge in [-0.3, -0.25) is 5.43 Å². The van der Waals surface area contributed by atoms with Gasteiger partial charge >= 0.3 is 5.97 Å². The Bertz CT molecular complexity index is 792. The number of aromatic carboxylic acids is 1. The Kier molecular flexibility index (Phi) is 6.43. The third kappa shape index (κ3) is 5.29. The van der Waals surface area contributed by atoms with Crippen molar-refractivity contribution in [3.63, 3.8) is 0 Å². The summed E-state index contributed by atoms with van der Waals surface area (Å²) in [6, 6.07) is 11.7. The van der Waals surface area contributed by atoms with Gasteiger partial charge in [0, 0.05) is 0 Å². The minimum absolute atomic E-state index is 0.168. The monoisotopic (exact) mass is 338 g/mol. The lowest BCUT2D eigenvalue weighted by Crippen LogP contribution is -2.00. The van der Waals surface area contributed by atoms with E-state index < -0.39 is 5.97 Å². The maximum atomic E-state index is 10.8. The minimum atomic E-state index is -0.967. The van der Waals surface area contributed by atoms with Crippen molar-refractivity contribution in [2.45, 2.75) is 6.92 Å². The van der Waals surface area contributed by atoms with Crippen molar-refractivity contribution in [1.29, 1.82) is 0 Å².